The highest BCUT2D eigenvalue weighted by Crippen LogP contribution is 2.14. The van der Waals surface area contributed by atoms with E-state index in [9.17, 15) is 13.2 Å². The zero-order valence-electron chi connectivity index (χ0n) is 12.0. The van der Waals surface area contributed by atoms with Crippen molar-refractivity contribution in [2.24, 2.45) is 0 Å². The van der Waals surface area contributed by atoms with E-state index >= 15 is 0 Å². The summed E-state index contributed by atoms with van der Waals surface area (Å²) in [5.74, 6) is -1.04. The first-order valence-electron chi connectivity index (χ1n) is 6.50. The molecule has 0 aromatic heterocycles. The van der Waals surface area contributed by atoms with E-state index in [1.807, 2.05) is 0 Å². The molecule has 1 rings (SSSR count). The first kappa shape index (κ1) is 17.1. The molecule has 1 aromatic carbocycles. The lowest BCUT2D eigenvalue weighted by Crippen LogP contribution is -2.36. The number of rotatable bonds is 7. The number of nitrogens with zero attached hydrogens (tertiary/aromatic N) is 2. The summed E-state index contributed by atoms with van der Waals surface area (Å²) in [6.07, 6.45) is 0.495. The van der Waals surface area contributed by atoms with Crippen molar-refractivity contribution in [3.8, 4) is 6.07 Å². The number of hydrogen-bond donors (Lipinski definition) is 1. The van der Waals surface area contributed by atoms with Gasteiger partial charge in [-0.15, -0.1) is 0 Å². The maximum Gasteiger partial charge on any atom is 0.335 e. The Morgan fingerprint density at radius 2 is 2.05 bits per heavy atom. The summed E-state index contributed by atoms with van der Waals surface area (Å²) < 4.78 is 25.4. The fourth-order valence-electron chi connectivity index (χ4n) is 1.94. The number of aromatic carboxylic acids is 1. The predicted molar refractivity (Wildman–Crippen MR) is 78.3 cm³/mol. The Kier molecular flexibility index (Phi) is 5.88. The molecule has 0 saturated carbocycles. The van der Waals surface area contributed by atoms with Crippen molar-refractivity contribution in [3.05, 3.63) is 35.4 Å². The van der Waals surface area contributed by atoms with Crippen LogP contribution in [0.25, 0.3) is 0 Å². The van der Waals surface area contributed by atoms with Crippen LogP contribution < -0.4 is 0 Å². The first-order chi connectivity index (χ1) is 9.84. The Morgan fingerprint density at radius 1 is 1.43 bits per heavy atom. The average Bonchev–Trinajstić information content (AvgIpc) is 2.45. The van der Waals surface area contributed by atoms with Crippen molar-refractivity contribution in [2.75, 3.05) is 13.6 Å². The predicted octanol–water partition coefficient (Wildman–Crippen LogP) is 1.49. The molecule has 1 atom stereocenters. The molecular formula is C14H18N2O4S. The van der Waals surface area contributed by atoms with Crippen molar-refractivity contribution in [2.45, 2.75) is 25.0 Å². The number of carboxylic acids is 1. The van der Waals surface area contributed by atoms with Crippen molar-refractivity contribution in [3.63, 3.8) is 0 Å². The van der Waals surface area contributed by atoms with Crippen LogP contribution in [0.4, 0.5) is 0 Å². The molecule has 0 amide bonds. The SMILES string of the molecule is CCC(C#N)S(=O)(=O)N(C)CCc1ccccc1C(=O)O. The second kappa shape index (κ2) is 7.20. The minimum atomic E-state index is -3.68. The van der Waals surface area contributed by atoms with Gasteiger partial charge in [0.1, 0.15) is 0 Å². The monoisotopic (exact) mass is 310 g/mol. The highest BCUT2D eigenvalue weighted by atomic mass is 32.2. The molecule has 0 fully saturated rings. The minimum absolute atomic E-state index is 0.130. The third-order valence-corrected chi connectivity index (χ3v) is 5.46. The molecule has 0 radical (unpaired) electrons. The maximum atomic E-state index is 12.1. The number of benzene rings is 1. The molecule has 1 unspecified atom stereocenters. The average molecular weight is 310 g/mol. The second-order valence-corrected chi connectivity index (χ2v) is 6.83. The fourth-order valence-corrected chi connectivity index (χ4v) is 3.27. The molecule has 0 spiro atoms. The second-order valence-electron chi connectivity index (χ2n) is 4.60. The first-order valence-corrected chi connectivity index (χ1v) is 8.00. The molecule has 0 aliphatic heterocycles. The standard InChI is InChI=1S/C14H18N2O4S/c1-3-12(10-15)21(19,20)16(2)9-8-11-6-4-5-7-13(11)14(17)18/h4-7,12H,3,8-9H2,1-2H3,(H,17,18). The van der Waals surface area contributed by atoms with Crippen LogP contribution in [0.1, 0.15) is 29.3 Å². The molecule has 0 aliphatic rings. The van der Waals surface area contributed by atoms with Gasteiger partial charge in [-0.1, -0.05) is 25.1 Å². The van der Waals surface area contributed by atoms with Crippen LogP contribution in [0.5, 0.6) is 0 Å². The summed E-state index contributed by atoms with van der Waals surface area (Å²) in [6, 6.07) is 8.25. The van der Waals surface area contributed by atoms with E-state index in [2.05, 4.69) is 0 Å². The quantitative estimate of drug-likeness (QED) is 0.822. The summed E-state index contributed by atoms with van der Waals surface area (Å²) in [5.41, 5.74) is 0.729. The van der Waals surface area contributed by atoms with Crippen LogP contribution in [0.2, 0.25) is 0 Å². The lowest BCUT2D eigenvalue weighted by molar-refractivity contribution is 0.0695. The van der Waals surface area contributed by atoms with Gasteiger partial charge in [0.05, 0.1) is 11.6 Å². The van der Waals surface area contributed by atoms with Crippen molar-refractivity contribution in [1.29, 1.82) is 5.26 Å². The largest absolute Gasteiger partial charge is 0.478 e. The lowest BCUT2D eigenvalue weighted by atomic mass is 10.1. The maximum absolute atomic E-state index is 12.1. The fraction of sp³-hybridized carbons (Fsp3) is 0.429. The van der Waals surface area contributed by atoms with Gasteiger partial charge in [-0.25, -0.2) is 17.5 Å². The molecular weight excluding hydrogens is 292 g/mol. The number of hydrogen-bond acceptors (Lipinski definition) is 4. The topological polar surface area (TPSA) is 98.5 Å². The van der Waals surface area contributed by atoms with E-state index in [1.54, 1.807) is 31.2 Å². The molecule has 1 N–H and O–H groups in total. The highest BCUT2D eigenvalue weighted by Gasteiger charge is 2.28. The van der Waals surface area contributed by atoms with Gasteiger partial charge < -0.3 is 5.11 Å². The molecule has 1 aromatic rings. The summed E-state index contributed by atoms with van der Waals surface area (Å²) in [5, 5.41) is 16.9. The normalized spacial score (nSPS) is 12.9. The Balaban J connectivity index is 2.85. The number of sulfonamides is 1. The highest BCUT2D eigenvalue weighted by molar-refractivity contribution is 7.89. The van der Waals surface area contributed by atoms with Gasteiger partial charge in [0, 0.05) is 13.6 Å². The van der Waals surface area contributed by atoms with Crippen LogP contribution in [0.15, 0.2) is 24.3 Å². The van der Waals surface area contributed by atoms with Gasteiger partial charge in [-0.3, -0.25) is 0 Å². The minimum Gasteiger partial charge on any atom is -0.478 e. The van der Waals surface area contributed by atoms with Crippen LogP contribution in [-0.4, -0.2) is 42.6 Å². The van der Waals surface area contributed by atoms with Gasteiger partial charge in [0.15, 0.2) is 5.25 Å². The summed E-state index contributed by atoms with van der Waals surface area (Å²) in [6.45, 7) is 1.77. The number of likely N-dealkylation sites (N-methyl/N-ethyl adjacent to an activating group) is 1. The number of carboxylic acid groups (broad SMARTS) is 1. The van der Waals surface area contributed by atoms with E-state index in [4.69, 9.17) is 10.4 Å². The summed E-state index contributed by atoms with van der Waals surface area (Å²) in [4.78, 5) is 11.1. The zero-order valence-corrected chi connectivity index (χ0v) is 12.8. The molecule has 0 aliphatic carbocycles. The van der Waals surface area contributed by atoms with Crippen LogP contribution in [-0.2, 0) is 16.4 Å². The van der Waals surface area contributed by atoms with E-state index in [1.165, 1.54) is 13.1 Å². The van der Waals surface area contributed by atoms with E-state index < -0.39 is 21.2 Å². The number of nitriles is 1. The number of carbonyl (C=O) groups is 1. The van der Waals surface area contributed by atoms with Crippen LogP contribution >= 0.6 is 0 Å². The lowest BCUT2D eigenvalue weighted by Gasteiger charge is -2.20. The Labute approximate surface area is 124 Å². The smallest absolute Gasteiger partial charge is 0.335 e. The third kappa shape index (κ3) is 4.03. The Bertz CT molecular complexity index is 649. The van der Waals surface area contributed by atoms with Crippen LogP contribution in [0, 0.1) is 11.3 Å². The molecule has 21 heavy (non-hydrogen) atoms. The zero-order chi connectivity index (χ0) is 16.0. The Morgan fingerprint density at radius 3 is 2.57 bits per heavy atom. The molecule has 0 bridgehead atoms. The van der Waals surface area contributed by atoms with Gasteiger partial charge >= 0.3 is 5.97 Å². The summed E-state index contributed by atoms with van der Waals surface area (Å²) >= 11 is 0. The van der Waals surface area contributed by atoms with Crippen LogP contribution in [0.3, 0.4) is 0 Å². The van der Waals surface area contributed by atoms with Gasteiger partial charge in [-0.05, 0) is 24.5 Å². The third-order valence-electron chi connectivity index (χ3n) is 3.25. The van der Waals surface area contributed by atoms with Crippen molar-refractivity contribution in [1.82, 2.24) is 4.31 Å². The van der Waals surface area contributed by atoms with E-state index in [-0.39, 0.29) is 24.9 Å². The molecule has 114 valence electrons. The molecule has 0 heterocycles. The Hall–Kier alpha value is -1.91. The molecule has 7 heteroatoms. The van der Waals surface area contributed by atoms with Crippen molar-refractivity contribution >= 4 is 16.0 Å². The molecule has 6 nitrogen and oxygen atoms in total. The molecule has 0 saturated heterocycles. The van der Waals surface area contributed by atoms with Gasteiger partial charge in [0.2, 0.25) is 10.0 Å². The summed E-state index contributed by atoms with van der Waals surface area (Å²) in [7, 11) is -2.28. The van der Waals surface area contributed by atoms with Gasteiger partial charge in [0.25, 0.3) is 0 Å². The van der Waals surface area contributed by atoms with E-state index in [0.29, 0.717) is 5.56 Å². The van der Waals surface area contributed by atoms with E-state index in [0.717, 1.165) is 4.31 Å². The van der Waals surface area contributed by atoms with Gasteiger partial charge in [-0.2, -0.15) is 5.26 Å². The van der Waals surface area contributed by atoms with Crippen molar-refractivity contribution < 1.29 is 18.3 Å².